The van der Waals surface area contributed by atoms with E-state index in [1.54, 1.807) is 18.2 Å². The van der Waals surface area contributed by atoms with Crippen LogP contribution in [-0.2, 0) is 4.79 Å². The van der Waals surface area contributed by atoms with Crippen LogP contribution >= 0.6 is 0 Å². The third-order valence-corrected chi connectivity index (χ3v) is 3.39. The number of para-hydroxylation sites is 2. The number of ether oxygens (including phenoxy) is 2. The number of hydrogen-bond donors (Lipinski definition) is 2. The van der Waals surface area contributed by atoms with E-state index < -0.39 is 22.8 Å². The molecule has 0 aliphatic heterocycles. The molecule has 0 aliphatic rings. The average Bonchev–Trinajstić information content (AvgIpc) is 2.66. The molecule has 136 valence electrons. The Morgan fingerprint density at radius 3 is 2.35 bits per heavy atom. The number of rotatable bonds is 6. The van der Waals surface area contributed by atoms with Crippen molar-refractivity contribution in [1.82, 2.24) is 10.9 Å². The summed E-state index contributed by atoms with van der Waals surface area (Å²) in [7, 11) is 1.51. The summed E-state index contributed by atoms with van der Waals surface area (Å²) in [6.45, 7) is 1.41. The van der Waals surface area contributed by atoms with E-state index in [1.807, 2.05) is 0 Å². The predicted molar refractivity (Wildman–Crippen MR) is 91.8 cm³/mol. The number of hydrogen-bond acceptors (Lipinski definition) is 6. The standard InChI is InChI=1S/C17H17N3O6/c1-11(26-15-6-4-3-5-14(15)20(23)24)16(21)18-19-17(22)12-7-9-13(25-2)10-8-12/h3-11H,1-2H3,(H,18,21)(H,19,22)/t11-/m0/s1. The summed E-state index contributed by atoms with van der Waals surface area (Å²) in [5.74, 6) is -0.636. The number of carbonyl (C=O) groups is 2. The molecular weight excluding hydrogens is 342 g/mol. The van der Waals surface area contributed by atoms with Crippen LogP contribution in [0.1, 0.15) is 17.3 Å². The van der Waals surface area contributed by atoms with Gasteiger partial charge in [-0.05, 0) is 37.3 Å². The Balaban J connectivity index is 1.92. The van der Waals surface area contributed by atoms with Crippen LogP contribution in [0, 0.1) is 10.1 Å². The maximum absolute atomic E-state index is 12.0. The van der Waals surface area contributed by atoms with Gasteiger partial charge in [-0.1, -0.05) is 12.1 Å². The lowest BCUT2D eigenvalue weighted by atomic mass is 10.2. The molecule has 0 aliphatic carbocycles. The molecule has 0 aromatic heterocycles. The summed E-state index contributed by atoms with van der Waals surface area (Å²) >= 11 is 0. The maximum Gasteiger partial charge on any atom is 0.310 e. The molecule has 0 fully saturated rings. The van der Waals surface area contributed by atoms with Gasteiger partial charge in [-0.2, -0.15) is 0 Å². The first-order valence-corrected chi connectivity index (χ1v) is 7.56. The second-order valence-electron chi connectivity index (χ2n) is 5.16. The molecule has 0 bridgehead atoms. The van der Waals surface area contributed by atoms with E-state index in [0.717, 1.165) is 0 Å². The summed E-state index contributed by atoms with van der Waals surface area (Å²) < 4.78 is 10.3. The monoisotopic (exact) mass is 359 g/mol. The fraction of sp³-hybridized carbons (Fsp3) is 0.176. The summed E-state index contributed by atoms with van der Waals surface area (Å²) in [6, 6.07) is 12.0. The third kappa shape index (κ3) is 4.69. The summed E-state index contributed by atoms with van der Waals surface area (Å²) in [4.78, 5) is 34.3. The van der Waals surface area contributed by atoms with Gasteiger partial charge in [-0.25, -0.2) is 0 Å². The molecule has 2 aromatic carbocycles. The van der Waals surface area contributed by atoms with Crippen molar-refractivity contribution in [3.05, 3.63) is 64.2 Å². The smallest absolute Gasteiger partial charge is 0.310 e. The zero-order chi connectivity index (χ0) is 19.1. The number of nitro groups is 1. The van der Waals surface area contributed by atoms with Gasteiger partial charge in [0.15, 0.2) is 11.9 Å². The van der Waals surface area contributed by atoms with Gasteiger partial charge in [-0.15, -0.1) is 0 Å². The number of amides is 2. The summed E-state index contributed by atoms with van der Waals surface area (Å²) in [5.41, 5.74) is 4.52. The van der Waals surface area contributed by atoms with Crippen molar-refractivity contribution >= 4 is 17.5 Å². The Morgan fingerprint density at radius 1 is 1.08 bits per heavy atom. The number of hydrazine groups is 1. The Bertz CT molecular complexity index is 806. The van der Waals surface area contributed by atoms with Gasteiger partial charge in [0, 0.05) is 11.6 Å². The molecule has 2 rings (SSSR count). The van der Waals surface area contributed by atoms with E-state index in [2.05, 4.69) is 10.9 Å². The lowest BCUT2D eigenvalue weighted by molar-refractivity contribution is -0.386. The van der Waals surface area contributed by atoms with Crippen molar-refractivity contribution in [2.45, 2.75) is 13.0 Å². The number of nitro benzene ring substituents is 1. The molecule has 2 N–H and O–H groups in total. The normalized spacial score (nSPS) is 11.2. The SMILES string of the molecule is COc1ccc(C(=O)NNC(=O)[C@H](C)Oc2ccccc2[N+](=O)[O-])cc1. The van der Waals surface area contributed by atoms with E-state index in [9.17, 15) is 19.7 Å². The number of carbonyl (C=O) groups excluding carboxylic acids is 2. The molecule has 0 saturated carbocycles. The molecule has 0 heterocycles. The fourth-order valence-corrected chi connectivity index (χ4v) is 1.99. The quantitative estimate of drug-likeness (QED) is 0.600. The first kappa shape index (κ1) is 18.7. The Kier molecular flexibility index (Phi) is 6.10. The zero-order valence-corrected chi connectivity index (χ0v) is 14.1. The van der Waals surface area contributed by atoms with Crippen molar-refractivity contribution in [1.29, 1.82) is 0 Å². The Morgan fingerprint density at radius 2 is 1.73 bits per heavy atom. The van der Waals surface area contributed by atoms with E-state index in [4.69, 9.17) is 9.47 Å². The van der Waals surface area contributed by atoms with Crippen molar-refractivity contribution in [3.63, 3.8) is 0 Å². The average molecular weight is 359 g/mol. The molecule has 0 radical (unpaired) electrons. The molecule has 9 heteroatoms. The number of methoxy groups -OCH3 is 1. The lowest BCUT2D eigenvalue weighted by Crippen LogP contribution is -2.47. The van der Waals surface area contributed by atoms with Gasteiger partial charge in [0.05, 0.1) is 12.0 Å². The van der Waals surface area contributed by atoms with Crippen LogP contribution in [0.5, 0.6) is 11.5 Å². The van der Waals surface area contributed by atoms with Gasteiger partial charge >= 0.3 is 5.69 Å². The lowest BCUT2D eigenvalue weighted by Gasteiger charge is -2.15. The molecule has 1 atom stereocenters. The van der Waals surface area contributed by atoms with Gasteiger partial charge in [0.2, 0.25) is 0 Å². The van der Waals surface area contributed by atoms with Crippen LogP contribution in [0.15, 0.2) is 48.5 Å². The largest absolute Gasteiger partial charge is 0.497 e. The van der Waals surface area contributed by atoms with Crippen molar-refractivity contribution in [2.24, 2.45) is 0 Å². The predicted octanol–water partition coefficient (Wildman–Crippen LogP) is 1.83. The highest BCUT2D eigenvalue weighted by Crippen LogP contribution is 2.26. The van der Waals surface area contributed by atoms with Gasteiger partial charge in [-0.3, -0.25) is 30.6 Å². The molecule has 0 unspecified atom stereocenters. The van der Waals surface area contributed by atoms with E-state index in [-0.39, 0.29) is 11.4 Å². The van der Waals surface area contributed by atoms with Crippen molar-refractivity contribution < 1.29 is 24.0 Å². The van der Waals surface area contributed by atoms with Gasteiger partial charge in [0.25, 0.3) is 11.8 Å². The van der Waals surface area contributed by atoms with E-state index in [0.29, 0.717) is 11.3 Å². The first-order chi connectivity index (χ1) is 12.4. The molecule has 2 amide bonds. The first-order valence-electron chi connectivity index (χ1n) is 7.56. The Hall–Kier alpha value is -3.62. The topological polar surface area (TPSA) is 120 Å². The molecule has 26 heavy (non-hydrogen) atoms. The minimum atomic E-state index is -1.06. The highest BCUT2D eigenvalue weighted by molar-refractivity contribution is 5.95. The second kappa shape index (κ2) is 8.47. The molecule has 2 aromatic rings. The van der Waals surface area contributed by atoms with Crippen molar-refractivity contribution in [2.75, 3.05) is 7.11 Å². The summed E-state index contributed by atoms with van der Waals surface area (Å²) in [5, 5.41) is 10.9. The van der Waals surface area contributed by atoms with Gasteiger partial charge in [0.1, 0.15) is 5.75 Å². The number of nitrogens with one attached hydrogen (secondary N) is 2. The highest BCUT2D eigenvalue weighted by Gasteiger charge is 2.21. The van der Waals surface area contributed by atoms with E-state index >= 15 is 0 Å². The van der Waals surface area contributed by atoms with E-state index in [1.165, 1.54) is 44.4 Å². The van der Waals surface area contributed by atoms with Crippen LogP contribution in [0.3, 0.4) is 0 Å². The number of nitrogens with zero attached hydrogens (tertiary/aromatic N) is 1. The van der Waals surface area contributed by atoms with Gasteiger partial charge < -0.3 is 9.47 Å². The second-order valence-corrected chi connectivity index (χ2v) is 5.16. The maximum atomic E-state index is 12.0. The molecular formula is C17H17N3O6. The van der Waals surface area contributed by atoms with Crippen LogP contribution in [-0.4, -0.2) is 30.0 Å². The fourth-order valence-electron chi connectivity index (χ4n) is 1.99. The molecule has 0 spiro atoms. The Labute approximate surface area is 149 Å². The van der Waals surface area contributed by atoms with Crippen LogP contribution in [0.2, 0.25) is 0 Å². The summed E-state index contributed by atoms with van der Waals surface area (Å²) in [6.07, 6.45) is -1.06. The van der Waals surface area contributed by atoms with Crippen molar-refractivity contribution in [3.8, 4) is 11.5 Å². The minimum Gasteiger partial charge on any atom is -0.497 e. The zero-order valence-electron chi connectivity index (χ0n) is 14.1. The van der Waals surface area contributed by atoms with Crippen LogP contribution in [0.25, 0.3) is 0 Å². The van der Waals surface area contributed by atoms with Crippen LogP contribution < -0.4 is 20.3 Å². The number of benzene rings is 2. The molecule has 0 saturated heterocycles. The minimum absolute atomic E-state index is 0.0402. The highest BCUT2D eigenvalue weighted by atomic mass is 16.6. The van der Waals surface area contributed by atoms with Crippen LogP contribution in [0.4, 0.5) is 5.69 Å². The third-order valence-electron chi connectivity index (χ3n) is 3.39. The molecule has 9 nitrogen and oxygen atoms in total.